The van der Waals surface area contributed by atoms with E-state index in [2.05, 4.69) is 10.3 Å². The highest BCUT2D eigenvalue weighted by atomic mass is 35.5. The van der Waals surface area contributed by atoms with Crippen LogP contribution in [0.1, 0.15) is 56.9 Å². The lowest BCUT2D eigenvalue weighted by Crippen LogP contribution is -2.49. The molecule has 2 saturated carbocycles. The number of amides is 2. The molecule has 0 radical (unpaired) electrons. The Labute approximate surface area is 267 Å². The number of benzene rings is 1. The van der Waals surface area contributed by atoms with Crippen molar-refractivity contribution in [2.24, 2.45) is 16.6 Å². The molecule has 4 aliphatic rings. The molecule has 1 aromatic heterocycles. The van der Waals surface area contributed by atoms with Gasteiger partial charge in [0.1, 0.15) is 11.0 Å². The Morgan fingerprint density at radius 3 is 2.36 bits per heavy atom. The summed E-state index contributed by atoms with van der Waals surface area (Å²) in [4.78, 5) is 32.9. The first-order chi connectivity index (χ1) is 21.4. The van der Waals surface area contributed by atoms with Gasteiger partial charge in [-0.05, 0) is 87.9 Å². The van der Waals surface area contributed by atoms with Crippen molar-refractivity contribution in [3.8, 4) is 0 Å². The van der Waals surface area contributed by atoms with Crippen LogP contribution in [0, 0.1) is 10.8 Å². The van der Waals surface area contributed by atoms with Crippen molar-refractivity contribution in [1.82, 2.24) is 14.6 Å². The van der Waals surface area contributed by atoms with E-state index in [0.29, 0.717) is 51.0 Å². The van der Waals surface area contributed by atoms with Crippen LogP contribution in [-0.2, 0) is 25.5 Å². The van der Waals surface area contributed by atoms with Crippen LogP contribution < -0.4 is 20.9 Å². The predicted octanol–water partition coefficient (Wildman–Crippen LogP) is 3.88. The number of nitrogens with two attached hydrogens (primary N) is 1. The number of anilines is 2. The van der Waals surface area contributed by atoms with Crippen LogP contribution in [-0.4, -0.2) is 75.3 Å². The molecule has 1 aromatic carbocycles. The van der Waals surface area contributed by atoms with Gasteiger partial charge >= 0.3 is 0 Å². The first kappa shape index (κ1) is 32.1. The number of nitrogens with one attached hydrogen (secondary N) is 1. The summed E-state index contributed by atoms with van der Waals surface area (Å²) < 4.78 is 61.0. The van der Waals surface area contributed by atoms with Crippen LogP contribution in [0.3, 0.4) is 0 Å². The van der Waals surface area contributed by atoms with Crippen molar-refractivity contribution in [3.05, 3.63) is 47.1 Å². The molecule has 3 heterocycles. The number of nitrogens with zero attached hydrogens (tertiary/aromatic N) is 4. The second kappa shape index (κ2) is 12.1. The Balaban J connectivity index is 1.13. The zero-order valence-corrected chi connectivity index (χ0v) is 26.7. The van der Waals surface area contributed by atoms with Crippen LogP contribution >= 0.6 is 11.6 Å². The number of sulfonamides is 1. The van der Waals surface area contributed by atoms with Gasteiger partial charge in [-0.15, -0.1) is 0 Å². The minimum absolute atomic E-state index is 0.0259. The van der Waals surface area contributed by atoms with Crippen molar-refractivity contribution >= 4 is 44.9 Å². The second-order valence-corrected chi connectivity index (χ2v) is 15.1. The number of aromatic nitrogens is 1. The topological polar surface area (TPSA) is 129 Å². The SMILES string of the molecule is NCCCNC(=O)C12CCC(C(F)(F)c3cc(Cl)nc(N4CCN(S(=O)(=O)c5ccc(N6CCCC6=O)cc5)CC4)c3)(CC1)C2. The van der Waals surface area contributed by atoms with E-state index in [1.54, 1.807) is 21.9 Å². The maximum atomic E-state index is 16.4. The van der Waals surface area contributed by atoms with Crippen LogP contribution in [0.15, 0.2) is 41.3 Å². The van der Waals surface area contributed by atoms with E-state index in [4.69, 9.17) is 17.3 Å². The molecule has 2 saturated heterocycles. The van der Waals surface area contributed by atoms with Crippen LogP contribution in [0.2, 0.25) is 5.15 Å². The van der Waals surface area contributed by atoms with Crippen molar-refractivity contribution in [2.75, 3.05) is 55.6 Å². The molecule has 2 aromatic rings. The molecule has 14 heteroatoms. The molecular weight excluding hydrogens is 626 g/mol. The summed E-state index contributed by atoms with van der Waals surface area (Å²) in [7, 11) is -3.80. The Kier molecular flexibility index (Phi) is 8.59. The number of carbonyl (C=O) groups is 2. The zero-order chi connectivity index (χ0) is 32.0. The summed E-state index contributed by atoms with van der Waals surface area (Å²) in [6.45, 7) is 2.27. The lowest BCUT2D eigenvalue weighted by molar-refractivity contribution is -0.131. The quantitative estimate of drug-likeness (QED) is 0.291. The largest absolute Gasteiger partial charge is 0.356 e. The standard InChI is InChI=1S/C31H39ClF2N6O4S/c32-25-19-22(31(33,34)30-10-8-29(21-30,9-11-30)28(42)36-13-2-12-35)20-26(37-25)38-15-17-39(18-16-38)45(43,44)24-6-4-23(5-7-24)40-14-1-3-27(40)41/h4-7,19-20H,1-3,8-18,21,35H2,(H,36,42). The van der Waals surface area contributed by atoms with Gasteiger partial charge < -0.3 is 20.9 Å². The Morgan fingerprint density at radius 2 is 1.73 bits per heavy atom. The van der Waals surface area contributed by atoms with Crippen LogP contribution in [0.4, 0.5) is 20.3 Å². The third-order valence-electron chi connectivity index (χ3n) is 10.2. The van der Waals surface area contributed by atoms with Crippen LogP contribution in [0.5, 0.6) is 0 Å². The molecule has 6 rings (SSSR count). The van der Waals surface area contributed by atoms with Crippen molar-refractivity contribution in [2.45, 2.75) is 62.2 Å². The molecule has 244 valence electrons. The van der Waals surface area contributed by atoms with E-state index in [0.717, 1.165) is 6.42 Å². The van der Waals surface area contributed by atoms with E-state index < -0.39 is 26.8 Å². The third kappa shape index (κ3) is 5.70. The molecule has 3 N–H and O–H groups in total. The van der Waals surface area contributed by atoms with E-state index >= 15 is 8.78 Å². The lowest BCUT2D eigenvalue weighted by atomic mass is 9.75. The molecule has 0 spiro atoms. The Morgan fingerprint density at radius 1 is 1.04 bits per heavy atom. The number of halogens is 3. The van der Waals surface area contributed by atoms with E-state index in [1.807, 2.05) is 0 Å². The maximum absolute atomic E-state index is 16.4. The van der Waals surface area contributed by atoms with Gasteiger partial charge in [0.05, 0.1) is 4.90 Å². The summed E-state index contributed by atoms with van der Waals surface area (Å²) in [5.74, 6) is -3.10. The minimum Gasteiger partial charge on any atom is -0.356 e. The van der Waals surface area contributed by atoms with Gasteiger partial charge in [0.2, 0.25) is 21.8 Å². The molecule has 45 heavy (non-hydrogen) atoms. The summed E-state index contributed by atoms with van der Waals surface area (Å²) >= 11 is 6.30. The maximum Gasteiger partial charge on any atom is 0.279 e. The molecule has 2 amide bonds. The monoisotopic (exact) mass is 664 g/mol. The summed E-state index contributed by atoms with van der Waals surface area (Å²) in [6, 6.07) is 8.90. The minimum atomic E-state index is -3.80. The zero-order valence-electron chi connectivity index (χ0n) is 25.1. The van der Waals surface area contributed by atoms with Crippen molar-refractivity contribution in [1.29, 1.82) is 0 Å². The van der Waals surface area contributed by atoms with Crippen molar-refractivity contribution in [3.63, 3.8) is 0 Å². The van der Waals surface area contributed by atoms with Gasteiger partial charge in [0.15, 0.2) is 0 Å². The Hall–Kier alpha value is -2.87. The molecule has 0 unspecified atom stereocenters. The normalized spacial score (nSPS) is 25.7. The highest BCUT2D eigenvalue weighted by Crippen LogP contribution is 2.69. The van der Waals surface area contributed by atoms with E-state index in [-0.39, 0.29) is 78.7 Å². The smallest absolute Gasteiger partial charge is 0.279 e. The fourth-order valence-corrected chi connectivity index (χ4v) is 9.22. The average Bonchev–Trinajstić information content (AvgIpc) is 3.76. The summed E-state index contributed by atoms with van der Waals surface area (Å²) in [5, 5.41) is 2.83. The number of hydrogen-bond donors (Lipinski definition) is 2. The molecule has 2 aliphatic heterocycles. The fraction of sp³-hybridized carbons (Fsp3) is 0.581. The molecular formula is C31H39ClF2N6O4S. The van der Waals surface area contributed by atoms with Crippen LogP contribution in [0.25, 0.3) is 0 Å². The molecule has 10 nitrogen and oxygen atoms in total. The number of rotatable bonds is 10. The highest BCUT2D eigenvalue weighted by molar-refractivity contribution is 7.89. The number of carbonyl (C=O) groups excluding carboxylic acids is 2. The lowest BCUT2D eigenvalue weighted by Gasteiger charge is -2.37. The number of fused-ring (bicyclic) bond motifs is 2. The first-order valence-corrected chi connectivity index (χ1v) is 17.4. The molecule has 2 bridgehead atoms. The second-order valence-electron chi connectivity index (χ2n) is 12.8. The number of hydrogen-bond acceptors (Lipinski definition) is 7. The molecule has 4 fully saturated rings. The molecule has 0 atom stereocenters. The van der Waals surface area contributed by atoms with E-state index in [9.17, 15) is 18.0 Å². The first-order valence-electron chi connectivity index (χ1n) is 15.6. The predicted molar refractivity (Wildman–Crippen MR) is 167 cm³/mol. The highest BCUT2D eigenvalue weighted by Gasteiger charge is 2.67. The molecule has 2 aliphatic carbocycles. The van der Waals surface area contributed by atoms with Gasteiger partial charge in [-0.1, -0.05) is 11.6 Å². The summed E-state index contributed by atoms with van der Waals surface area (Å²) in [6.07, 6.45) is 3.33. The Bertz CT molecular complexity index is 1560. The fourth-order valence-electron chi connectivity index (χ4n) is 7.59. The van der Waals surface area contributed by atoms with Crippen molar-refractivity contribution < 1.29 is 26.8 Å². The van der Waals surface area contributed by atoms with Gasteiger partial charge in [-0.3, -0.25) is 9.59 Å². The number of piperazine rings is 1. The van der Waals surface area contributed by atoms with Gasteiger partial charge in [-0.25, -0.2) is 22.2 Å². The number of alkyl halides is 2. The van der Waals surface area contributed by atoms with Gasteiger partial charge in [-0.2, -0.15) is 4.31 Å². The number of pyridine rings is 1. The average molecular weight is 665 g/mol. The summed E-state index contributed by atoms with van der Waals surface area (Å²) in [5.41, 5.74) is 3.84. The van der Waals surface area contributed by atoms with Gasteiger partial charge in [0, 0.05) is 67.8 Å². The van der Waals surface area contributed by atoms with Gasteiger partial charge in [0.25, 0.3) is 5.92 Å². The van der Waals surface area contributed by atoms with E-state index in [1.165, 1.54) is 28.6 Å². The third-order valence-corrected chi connectivity index (χ3v) is 12.3.